The molecule has 3 aliphatic rings. The fourth-order valence-electron chi connectivity index (χ4n) is 9.87. The molecule has 2 aromatic rings. The Morgan fingerprint density at radius 2 is 1.50 bits per heavy atom. The molecule has 9 atom stereocenters. The molecule has 1 saturated heterocycles. The van der Waals surface area contributed by atoms with Crippen LogP contribution in [0.4, 0.5) is 5.69 Å². The van der Waals surface area contributed by atoms with Crippen LogP contribution in [0.5, 0.6) is 0 Å². The van der Waals surface area contributed by atoms with Crippen LogP contribution in [0.3, 0.4) is 0 Å². The maximum atomic E-state index is 14.9. The van der Waals surface area contributed by atoms with Gasteiger partial charge in [-0.2, -0.15) is 0 Å². The van der Waals surface area contributed by atoms with Gasteiger partial charge in [0, 0.05) is 92.0 Å². The molecular formula is C58H79N9O18S. The Hall–Kier alpha value is -7.74. The van der Waals surface area contributed by atoms with Crippen LogP contribution < -0.4 is 37.2 Å². The third-order valence-corrected chi connectivity index (χ3v) is 16.3. The van der Waals surface area contributed by atoms with Crippen LogP contribution in [0.15, 0.2) is 23.2 Å². The number of fused-ring (bicyclic) bond motifs is 5. The van der Waals surface area contributed by atoms with Crippen LogP contribution in [0, 0.1) is 35.5 Å². The Labute approximate surface area is 501 Å². The van der Waals surface area contributed by atoms with Crippen LogP contribution in [-0.2, 0) is 83.0 Å². The molecule has 28 heteroatoms. The summed E-state index contributed by atoms with van der Waals surface area (Å²) in [7, 11) is 1.09. The second-order valence-corrected chi connectivity index (χ2v) is 22.6. The molecule has 0 saturated carbocycles. The molecule has 1 fully saturated rings. The number of thioether (sulfide) groups is 1. The average Bonchev–Trinajstić information content (AvgIpc) is 2.25. The van der Waals surface area contributed by atoms with E-state index in [1.54, 1.807) is 32.0 Å². The number of carboxylic acids is 1. The van der Waals surface area contributed by atoms with E-state index in [0.29, 0.717) is 40.0 Å². The van der Waals surface area contributed by atoms with Crippen molar-refractivity contribution >= 4 is 105 Å². The molecule has 27 nitrogen and oxygen atoms in total. The van der Waals surface area contributed by atoms with Crippen molar-refractivity contribution in [3.63, 3.8) is 0 Å². The smallest absolute Gasteiger partial charge is 0.306 e. The maximum absolute atomic E-state index is 14.9. The highest BCUT2D eigenvalue weighted by Gasteiger charge is 2.44. The molecule has 10 N–H and O–H groups in total. The third kappa shape index (κ3) is 21.6. The second kappa shape index (κ2) is 34.4. The molecular weight excluding hydrogens is 1140 g/mol. The SMILES string of the molecule is CC[C@H](C)[C@@H]1NC(=O)[C@@H]2C[C@@H](O)CN2C(=O)[C@H](CC(=O)OC)CC(=O)[C@@H]2CSc3[nH]c4ccc(NC(=O)CCOCCCC(=O)C#CC(=O)NCCOCCC(=O)O)cc4c3C[C@H](CC1=O)C(=O)NCC(=O)N[C@@H]([C@@H](C)CC)CC(=O)NCC(=O)N2. The van der Waals surface area contributed by atoms with Gasteiger partial charge in [0.25, 0.3) is 5.91 Å². The molecule has 5 rings (SSSR count). The molecule has 2 bridgehead atoms. The fraction of sp³-hybridized carbons (Fsp3) is 0.603. The quantitative estimate of drug-likeness (QED) is 0.0360. The number of methoxy groups -OCH3 is 1. The summed E-state index contributed by atoms with van der Waals surface area (Å²) in [6.45, 7) is 5.82. The molecule has 0 spiro atoms. The van der Waals surface area contributed by atoms with Crippen molar-refractivity contribution in [1.29, 1.82) is 0 Å². The monoisotopic (exact) mass is 1220 g/mol. The van der Waals surface area contributed by atoms with Gasteiger partial charge in [0.1, 0.15) is 6.04 Å². The maximum Gasteiger partial charge on any atom is 0.306 e. The van der Waals surface area contributed by atoms with Gasteiger partial charge in [0.15, 0.2) is 11.6 Å². The molecule has 1 aromatic carbocycles. The number of nitrogens with zero attached hydrogens (tertiary/aromatic N) is 1. The lowest BCUT2D eigenvalue weighted by Gasteiger charge is -2.31. The molecule has 4 heterocycles. The van der Waals surface area contributed by atoms with Gasteiger partial charge in [-0.1, -0.05) is 40.5 Å². The number of aliphatic hydroxyl groups is 1. The second-order valence-electron chi connectivity index (χ2n) is 21.6. The number of aliphatic hydroxyl groups excluding tert-OH is 1. The Morgan fingerprint density at radius 3 is 2.22 bits per heavy atom. The minimum Gasteiger partial charge on any atom is -0.481 e. The topological polar surface area (TPSA) is 393 Å². The summed E-state index contributed by atoms with van der Waals surface area (Å²) in [6.07, 6.45) is -2.92. The number of hydrogen-bond donors (Lipinski definition) is 10. The highest BCUT2D eigenvalue weighted by molar-refractivity contribution is 7.99. The Bertz CT molecular complexity index is 2900. The highest BCUT2D eigenvalue weighted by Crippen LogP contribution is 2.36. The van der Waals surface area contributed by atoms with Crippen molar-refractivity contribution in [3.8, 4) is 11.8 Å². The predicted octanol–water partition coefficient (Wildman–Crippen LogP) is -0.0201. The van der Waals surface area contributed by atoms with Gasteiger partial charge < -0.3 is 71.5 Å². The molecule has 0 aliphatic carbocycles. The van der Waals surface area contributed by atoms with Gasteiger partial charge in [-0.25, -0.2) is 0 Å². The van der Waals surface area contributed by atoms with E-state index >= 15 is 0 Å². The van der Waals surface area contributed by atoms with E-state index in [9.17, 15) is 67.4 Å². The van der Waals surface area contributed by atoms with E-state index in [1.807, 2.05) is 13.8 Å². The summed E-state index contributed by atoms with van der Waals surface area (Å²) in [5.41, 5.74) is 1.20. The van der Waals surface area contributed by atoms with Crippen molar-refractivity contribution in [1.82, 2.24) is 41.8 Å². The first-order chi connectivity index (χ1) is 41.0. The van der Waals surface area contributed by atoms with Gasteiger partial charge in [-0.15, -0.1) is 11.8 Å². The van der Waals surface area contributed by atoms with E-state index < -0.39 is 157 Å². The van der Waals surface area contributed by atoms with Crippen LogP contribution >= 0.6 is 11.8 Å². The number of hydrogen-bond acceptors (Lipinski definition) is 18. The number of aromatic nitrogens is 1. The van der Waals surface area contributed by atoms with Gasteiger partial charge in [-0.05, 0) is 54.4 Å². The molecule has 0 unspecified atom stereocenters. The summed E-state index contributed by atoms with van der Waals surface area (Å²) in [6, 6.07) is 0.112. The number of carbonyl (C=O) groups excluding carboxylic acids is 12. The first-order valence-corrected chi connectivity index (χ1v) is 29.8. The largest absolute Gasteiger partial charge is 0.481 e. The minimum absolute atomic E-state index is 0.0165. The number of carbonyl (C=O) groups is 13. The number of ether oxygens (including phenoxy) is 3. The first kappa shape index (κ1) is 69.0. The summed E-state index contributed by atoms with van der Waals surface area (Å²) in [5, 5.41) is 39.1. The standard InChI is InChI=1S/C58H79N9O18S/c1-6-32(3)42-27-49(74)60-28-50(75)64-43-31-86-57-40(39-25-36(10-12-41(39)65-57)62-48(73)14-18-84-17-8-9-37(68)11-13-47(72)59-16-20-85-19-15-52(77)78)21-34(55(80)61-29-51(76)63-42)22-46(71)54(33(4)7-2)66-56(81)44-26-38(69)30-67(44)58(82)35(23-45(43)70)24-53(79)83-5/h10,12,25,32-35,38,42-44,54,65,69H,6-9,14-24,26-31H2,1-5H3,(H,59,72)(H,60,74)(H,61,80)(H,62,73)(H,63,76)(H,64,75)(H,66,81)(H,77,78)/t32-,33-,34+,35-,38+,42+,43-,44-,54-/m0/s1. The normalized spacial score (nSPS) is 22.9. The molecule has 3 aliphatic heterocycles. The molecule has 86 heavy (non-hydrogen) atoms. The number of rotatable bonds is 20. The molecule has 8 amide bonds. The number of aromatic amines is 1. The lowest BCUT2D eigenvalue weighted by Crippen LogP contribution is -2.54. The number of esters is 1. The first-order valence-electron chi connectivity index (χ1n) is 28.8. The summed E-state index contributed by atoms with van der Waals surface area (Å²) in [5.74, 6) is -8.66. The van der Waals surface area contributed by atoms with Crippen LogP contribution in [0.25, 0.3) is 10.9 Å². The number of nitrogens with one attached hydrogen (secondary N) is 8. The third-order valence-electron chi connectivity index (χ3n) is 15.1. The number of ketones is 3. The van der Waals surface area contributed by atoms with Gasteiger partial charge in [0.2, 0.25) is 47.1 Å². The van der Waals surface area contributed by atoms with Crippen molar-refractivity contribution in [2.75, 3.05) is 70.8 Å². The summed E-state index contributed by atoms with van der Waals surface area (Å²) < 4.78 is 15.6. The lowest BCUT2D eigenvalue weighted by atomic mass is 9.86. The van der Waals surface area contributed by atoms with Gasteiger partial charge >= 0.3 is 11.9 Å². The highest BCUT2D eigenvalue weighted by atomic mass is 32.2. The predicted molar refractivity (Wildman–Crippen MR) is 309 cm³/mol. The number of aliphatic carboxylic acids is 1. The van der Waals surface area contributed by atoms with Crippen LogP contribution in [0.1, 0.15) is 104 Å². The van der Waals surface area contributed by atoms with E-state index in [0.717, 1.165) is 23.8 Å². The van der Waals surface area contributed by atoms with Crippen molar-refractivity contribution < 1.29 is 86.8 Å². The number of amides is 8. The number of carboxylic acid groups (broad SMARTS) is 1. The van der Waals surface area contributed by atoms with Gasteiger partial charge in [0.05, 0.1) is 88.4 Å². The zero-order chi connectivity index (χ0) is 63.0. The fourth-order valence-corrected chi connectivity index (χ4v) is 11.0. The average molecular weight is 1220 g/mol. The van der Waals surface area contributed by atoms with Crippen molar-refractivity contribution in [2.24, 2.45) is 23.7 Å². The minimum atomic E-state index is -1.46. The van der Waals surface area contributed by atoms with Crippen molar-refractivity contribution in [3.05, 3.63) is 23.8 Å². The van der Waals surface area contributed by atoms with Crippen molar-refractivity contribution in [2.45, 2.75) is 140 Å². The van der Waals surface area contributed by atoms with E-state index in [1.165, 1.54) is 0 Å². The number of Topliss-reactive ketones (excluding diaryl/α,β-unsaturated/α-hetero) is 3. The molecule has 1 aromatic heterocycles. The van der Waals surface area contributed by atoms with E-state index in [-0.39, 0.29) is 96.1 Å². The van der Waals surface area contributed by atoms with E-state index in [4.69, 9.17) is 19.3 Å². The van der Waals surface area contributed by atoms with E-state index in [2.05, 4.69) is 54.0 Å². The lowest BCUT2D eigenvalue weighted by molar-refractivity contribution is -0.149. The number of H-pyrrole nitrogens is 1. The number of benzene rings is 1. The zero-order valence-corrected chi connectivity index (χ0v) is 49.9. The summed E-state index contributed by atoms with van der Waals surface area (Å²) in [4.78, 5) is 179. The summed E-state index contributed by atoms with van der Waals surface area (Å²) >= 11 is 1.04. The van der Waals surface area contributed by atoms with Crippen LogP contribution in [-0.4, -0.2) is 192 Å². The van der Waals surface area contributed by atoms with Crippen LogP contribution in [0.2, 0.25) is 0 Å². The zero-order valence-electron chi connectivity index (χ0n) is 49.1. The van der Waals surface area contributed by atoms with Gasteiger partial charge in [-0.3, -0.25) is 62.3 Å². The Balaban J connectivity index is 1.48. The Morgan fingerprint density at radius 1 is 0.791 bits per heavy atom. The Kier molecular flexibility index (Phi) is 27.6. The molecule has 470 valence electrons. The number of anilines is 1. The molecule has 0 radical (unpaired) electrons.